The van der Waals surface area contributed by atoms with E-state index >= 15 is 0 Å². The first kappa shape index (κ1) is 15.8. The number of aryl methyl sites for hydroxylation is 1. The van der Waals surface area contributed by atoms with Gasteiger partial charge in [-0.25, -0.2) is 8.42 Å². The van der Waals surface area contributed by atoms with Crippen LogP contribution < -0.4 is 5.73 Å². The van der Waals surface area contributed by atoms with Gasteiger partial charge in [0.1, 0.15) is 4.90 Å². The molecule has 0 aliphatic carbocycles. The van der Waals surface area contributed by atoms with Crippen LogP contribution in [0.2, 0.25) is 0 Å². The summed E-state index contributed by atoms with van der Waals surface area (Å²) in [6.07, 6.45) is 1.94. The van der Waals surface area contributed by atoms with Crippen LogP contribution in [0.5, 0.6) is 0 Å². The van der Waals surface area contributed by atoms with Gasteiger partial charge < -0.3 is 10.6 Å². The Morgan fingerprint density at radius 2 is 1.95 bits per heavy atom. The van der Waals surface area contributed by atoms with Gasteiger partial charge in [-0.05, 0) is 19.8 Å². The highest BCUT2D eigenvalue weighted by atomic mass is 32.2. The molecule has 2 N–H and O–H groups in total. The monoisotopic (exact) mass is 315 g/mol. The second-order valence-electron chi connectivity index (χ2n) is 5.27. The minimum atomic E-state index is -3.83. The molecule has 0 bridgehead atoms. The molecule has 1 saturated heterocycles. The number of rotatable bonds is 4. The third-order valence-corrected chi connectivity index (χ3v) is 5.76. The molecule has 2 heterocycles. The van der Waals surface area contributed by atoms with Crippen molar-refractivity contribution in [2.45, 2.75) is 24.7 Å². The average molecular weight is 315 g/mol. The van der Waals surface area contributed by atoms with Gasteiger partial charge >= 0.3 is 0 Å². The summed E-state index contributed by atoms with van der Waals surface area (Å²) in [5, 5.41) is 3.91. The molecule has 1 aromatic heterocycles. The molecule has 1 aliphatic rings. The number of hydrogen-bond acceptors (Lipinski definition) is 5. The van der Waals surface area contributed by atoms with E-state index in [9.17, 15) is 13.2 Å². The maximum absolute atomic E-state index is 12.6. The Kier molecular flexibility index (Phi) is 4.24. The molecule has 1 aliphatic heterocycles. The van der Waals surface area contributed by atoms with Gasteiger partial charge in [-0.2, -0.15) is 9.40 Å². The molecule has 0 atom stereocenters. The molecule has 1 aromatic rings. The molecule has 1 fully saturated rings. The zero-order valence-corrected chi connectivity index (χ0v) is 13.4. The Morgan fingerprint density at radius 3 is 2.43 bits per heavy atom. The summed E-state index contributed by atoms with van der Waals surface area (Å²) in [5.74, 6) is -0.228. The second kappa shape index (κ2) is 5.64. The minimum absolute atomic E-state index is 0.0262. The van der Waals surface area contributed by atoms with Crippen molar-refractivity contribution in [2.24, 2.45) is 7.05 Å². The molecular formula is C12H21N5O3S. The van der Waals surface area contributed by atoms with Gasteiger partial charge in [-0.15, -0.1) is 0 Å². The Morgan fingerprint density at radius 1 is 1.38 bits per heavy atom. The molecule has 0 radical (unpaired) electrons. The Balaban J connectivity index is 2.20. The van der Waals surface area contributed by atoms with Gasteiger partial charge in [0.15, 0.2) is 5.82 Å². The summed E-state index contributed by atoms with van der Waals surface area (Å²) >= 11 is 0. The van der Waals surface area contributed by atoms with E-state index in [1.165, 1.54) is 11.7 Å². The standard InChI is InChI=1S/C12H21N5O3S/c1-9-11(12(13)14-16(9)3)21(19,20)15(2)8-10(18)17-6-4-5-7-17/h4-8H2,1-3H3,(H2,13,14). The highest BCUT2D eigenvalue weighted by molar-refractivity contribution is 7.89. The fourth-order valence-electron chi connectivity index (χ4n) is 2.43. The zero-order valence-electron chi connectivity index (χ0n) is 12.5. The number of hydrogen-bond donors (Lipinski definition) is 1. The third-order valence-electron chi connectivity index (χ3n) is 3.79. The van der Waals surface area contributed by atoms with Crippen LogP contribution in [0.25, 0.3) is 0 Å². The average Bonchev–Trinajstić information content (AvgIpc) is 2.99. The van der Waals surface area contributed by atoms with Crippen molar-refractivity contribution >= 4 is 21.7 Å². The fraction of sp³-hybridized carbons (Fsp3) is 0.667. The molecule has 0 aromatic carbocycles. The number of likely N-dealkylation sites (N-methyl/N-ethyl adjacent to an activating group) is 1. The summed E-state index contributed by atoms with van der Waals surface area (Å²) in [5.41, 5.74) is 6.14. The van der Waals surface area contributed by atoms with Crippen molar-refractivity contribution in [2.75, 3.05) is 32.4 Å². The Hall–Kier alpha value is -1.61. The number of nitrogens with zero attached hydrogens (tertiary/aromatic N) is 4. The maximum Gasteiger partial charge on any atom is 0.248 e. The van der Waals surface area contributed by atoms with E-state index in [1.54, 1.807) is 18.9 Å². The van der Waals surface area contributed by atoms with Crippen molar-refractivity contribution < 1.29 is 13.2 Å². The van der Waals surface area contributed by atoms with Gasteiger partial charge in [0.2, 0.25) is 15.9 Å². The topological polar surface area (TPSA) is 102 Å². The van der Waals surface area contributed by atoms with E-state index in [-0.39, 0.29) is 23.2 Å². The van der Waals surface area contributed by atoms with Gasteiger partial charge in [0.05, 0.1) is 12.2 Å². The van der Waals surface area contributed by atoms with E-state index in [0.29, 0.717) is 18.8 Å². The van der Waals surface area contributed by atoms with Gasteiger partial charge in [-0.1, -0.05) is 0 Å². The first-order valence-corrected chi connectivity index (χ1v) is 8.22. The van der Waals surface area contributed by atoms with Gasteiger partial charge in [0, 0.05) is 27.2 Å². The van der Waals surface area contributed by atoms with Gasteiger partial charge in [0.25, 0.3) is 0 Å². The van der Waals surface area contributed by atoms with E-state index < -0.39 is 10.0 Å². The lowest BCUT2D eigenvalue weighted by molar-refractivity contribution is -0.130. The number of likely N-dealkylation sites (tertiary alicyclic amines) is 1. The Bertz CT molecular complexity index is 646. The first-order chi connectivity index (χ1) is 9.75. The number of nitrogens with two attached hydrogens (primary N) is 1. The van der Waals surface area contributed by atoms with Crippen LogP contribution in [-0.4, -0.2) is 60.0 Å². The molecule has 21 heavy (non-hydrogen) atoms. The number of aromatic nitrogens is 2. The lowest BCUT2D eigenvalue weighted by Crippen LogP contribution is -2.40. The second-order valence-corrected chi connectivity index (χ2v) is 7.25. The number of nitrogen functional groups attached to an aromatic ring is 1. The van der Waals surface area contributed by atoms with Crippen LogP contribution in [0.1, 0.15) is 18.5 Å². The highest BCUT2D eigenvalue weighted by Gasteiger charge is 2.31. The van der Waals surface area contributed by atoms with E-state index in [2.05, 4.69) is 5.10 Å². The smallest absolute Gasteiger partial charge is 0.248 e. The quantitative estimate of drug-likeness (QED) is 0.811. The molecule has 0 saturated carbocycles. The van der Waals surface area contributed by atoms with Crippen LogP contribution in [0.4, 0.5) is 5.82 Å². The number of carbonyl (C=O) groups excluding carboxylic acids is 1. The summed E-state index contributed by atoms with van der Waals surface area (Å²) in [4.78, 5) is 13.7. The van der Waals surface area contributed by atoms with Crippen LogP contribution in [0, 0.1) is 6.92 Å². The number of anilines is 1. The zero-order chi connectivity index (χ0) is 15.8. The minimum Gasteiger partial charge on any atom is -0.381 e. The van der Waals surface area contributed by atoms with E-state index in [4.69, 9.17) is 5.73 Å². The summed E-state index contributed by atoms with van der Waals surface area (Å²) in [7, 11) is -0.817. The van der Waals surface area contributed by atoms with E-state index in [1.807, 2.05) is 0 Å². The van der Waals surface area contributed by atoms with Crippen LogP contribution in [0.3, 0.4) is 0 Å². The molecule has 0 spiro atoms. The Labute approximate surface area is 124 Å². The highest BCUT2D eigenvalue weighted by Crippen LogP contribution is 2.24. The molecule has 1 amide bonds. The van der Waals surface area contributed by atoms with Crippen LogP contribution in [-0.2, 0) is 21.9 Å². The van der Waals surface area contributed by atoms with Crippen LogP contribution in [0.15, 0.2) is 4.90 Å². The molecule has 0 unspecified atom stereocenters. The lowest BCUT2D eigenvalue weighted by atomic mass is 10.4. The SMILES string of the molecule is Cc1c(S(=O)(=O)N(C)CC(=O)N2CCCC2)c(N)nn1C. The van der Waals surface area contributed by atoms with Crippen molar-refractivity contribution in [3.05, 3.63) is 5.69 Å². The predicted octanol–water partition coefficient (Wildman–Crippen LogP) is -0.446. The summed E-state index contributed by atoms with van der Waals surface area (Å²) < 4.78 is 27.6. The summed E-state index contributed by atoms with van der Waals surface area (Å²) in [6, 6.07) is 0. The summed E-state index contributed by atoms with van der Waals surface area (Å²) in [6.45, 7) is 2.84. The number of amides is 1. The van der Waals surface area contributed by atoms with Crippen molar-refractivity contribution in [1.82, 2.24) is 19.0 Å². The number of sulfonamides is 1. The van der Waals surface area contributed by atoms with Gasteiger partial charge in [-0.3, -0.25) is 9.48 Å². The predicted molar refractivity (Wildman–Crippen MR) is 78.0 cm³/mol. The molecule has 9 heteroatoms. The molecule has 2 rings (SSSR count). The molecular weight excluding hydrogens is 294 g/mol. The first-order valence-electron chi connectivity index (χ1n) is 6.78. The van der Waals surface area contributed by atoms with Crippen molar-refractivity contribution in [3.8, 4) is 0 Å². The number of carbonyl (C=O) groups is 1. The normalized spacial score (nSPS) is 15.9. The molecule has 8 nitrogen and oxygen atoms in total. The lowest BCUT2D eigenvalue weighted by Gasteiger charge is -2.21. The largest absolute Gasteiger partial charge is 0.381 e. The third kappa shape index (κ3) is 2.88. The maximum atomic E-state index is 12.6. The van der Waals surface area contributed by atoms with Crippen molar-refractivity contribution in [1.29, 1.82) is 0 Å². The van der Waals surface area contributed by atoms with E-state index in [0.717, 1.165) is 17.1 Å². The fourth-order valence-corrected chi connectivity index (χ4v) is 3.83. The molecule has 118 valence electrons. The van der Waals surface area contributed by atoms with Crippen molar-refractivity contribution in [3.63, 3.8) is 0 Å². The van der Waals surface area contributed by atoms with Crippen LogP contribution >= 0.6 is 0 Å².